The normalized spacial score (nSPS) is 9.68. The maximum Gasteiger partial charge on any atom is 0.340 e. The minimum atomic E-state index is -0.495. The van der Waals surface area contributed by atoms with Crippen molar-refractivity contribution in [3.63, 3.8) is 0 Å². The van der Waals surface area contributed by atoms with Gasteiger partial charge in [-0.15, -0.1) is 0 Å². The number of benzene rings is 1. The Balaban J connectivity index is 3.11. The van der Waals surface area contributed by atoms with Gasteiger partial charge in [-0.05, 0) is 18.2 Å². The molecule has 0 aromatic heterocycles. The molecular weight excluding hydrogens is 250 g/mol. The van der Waals surface area contributed by atoms with Crippen molar-refractivity contribution in [1.82, 2.24) is 0 Å². The van der Waals surface area contributed by atoms with Crippen LogP contribution in [0.1, 0.15) is 10.4 Å². The number of methoxy groups -OCH3 is 3. The lowest BCUT2D eigenvalue weighted by Gasteiger charge is -2.20. The van der Waals surface area contributed by atoms with Gasteiger partial charge in [-0.1, -0.05) is 0 Å². The summed E-state index contributed by atoms with van der Waals surface area (Å²) in [4.78, 5) is 24.6. The van der Waals surface area contributed by atoms with Gasteiger partial charge in [0.2, 0.25) is 0 Å². The summed E-state index contributed by atoms with van der Waals surface area (Å²) >= 11 is 0. The first-order valence-electron chi connectivity index (χ1n) is 5.57. The highest BCUT2D eigenvalue weighted by Gasteiger charge is 2.18. The molecule has 0 N–H and O–H groups in total. The summed E-state index contributed by atoms with van der Waals surface area (Å²) in [6, 6.07) is 4.96. The number of carbonyl (C=O) groups is 2. The van der Waals surface area contributed by atoms with Gasteiger partial charge in [0.1, 0.15) is 12.3 Å². The fraction of sp³-hybridized carbons (Fsp3) is 0.385. The molecule has 1 aromatic rings. The average Bonchev–Trinajstić information content (AvgIpc) is 2.45. The third-order valence-electron chi connectivity index (χ3n) is 2.61. The number of hydrogen-bond acceptors (Lipinski definition) is 6. The van der Waals surface area contributed by atoms with E-state index in [9.17, 15) is 9.59 Å². The first-order chi connectivity index (χ1) is 9.03. The Morgan fingerprint density at radius 1 is 1.16 bits per heavy atom. The molecule has 0 spiro atoms. The van der Waals surface area contributed by atoms with Crippen LogP contribution in [0.15, 0.2) is 18.2 Å². The molecule has 104 valence electrons. The molecule has 0 fully saturated rings. The topological polar surface area (TPSA) is 65.1 Å². The highest BCUT2D eigenvalue weighted by atomic mass is 16.5. The third kappa shape index (κ3) is 3.61. The Hall–Kier alpha value is -2.24. The summed E-state index contributed by atoms with van der Waals surface area (Å²) in [7, 11) is 5.80. The molecule has 0 atom stereocenters. The number of likely N-dealkylation sites (N-methyl/N-ethyl adjacent to an activating group) is 1. The molecule has 6 heteroatoms. The van der Waals surface area contributed by atoms with Gasteiger partial charge >= 0.3 is 11.9 Å². The van der Waals surface area contributed by atoms with Crippen LogP contribution in [-0.2, 0) is 14.3 Å². The molecule has 0 aliphatic carbocycles. The summed E-state index contributed by atoms with van der Waals surface area (Å²) in [5, 5.41) is 0. The molecule has 0 amide bonds. The van der Waals surface area contributed by atoms with Crippen LogP contribution in [0.4, 0.5) is 5.69 Å². The van der Waals surface area contributed by atoms with Gasteiger partial charge < -0.3 is 19.1 Å². The summed E-state index contributed by atoms with van der Waals surface area (Å²) in [5.41, 5.74) is 0.895. The van der Waals surface area contributed by atoms with E-state index in [2.05, 4.69) is 4.74 Å². The minimum absolute atomic E-state index is 0.0345. The largest absolute Gasteiger partial charge is 0.497 e. The maximum absolute atomic E-state index is 11.7. The van der Waals surface area contributed by atoms with Crippen LogP contribution < -0.4 is 9.64 Å². The Morgan fingerprint density at radius 2 is 1.84 bits per heavy atom. The van der Waals surface area contributed by atoms with Crippen molar-refractivity contribution in [3.8, 4) is 5.75 Å². The number of nitrogens with zero attached hydrogens (tertiary/aromatic N) is 1. The Labute approximate surface area is 111 Å². The summed E-state index contributed by atoms with van der Waals surface area (Å²) in [6.07, 6.45) is 0. The first kappa shape index (κ1) is 14.8. The maximum atomic E-state index is 11.7. The molecule has 1 rings (SSSR count). The summed E-state index contributed by atoms with van der Waals surface area (Å²) < 4.78 is 14.4. The fourth-order valence-corrected chi connectivity index (χ4v) is 1.59. The monoisotopic (exact) mass is 267 g/mol. The van der Waals surface area contributed by atoms with Crippen LogP contribution in [0.5, 0.6) is 5.75 Å². The van der Waals surface area contributed by atoms with Gasteiger partial charge in [-0.3, -0.25) is 4.79 Å². The average molecular weight is 267 g/mol. The van der Waals surface area contributed by atoms with E-state index in [0.29, 0.717) is 17.0 Å². The van der Waals surface area contributed by atoms with E-state index in [0.717, 1.165) is 0 Å². The van der Waals surface area contributed by atoms with Crippen LogP contribution in [0, 0.1) is 0 Å². The van der Waals surface area contributed by atoms with Crippen molar-refractivity contribution < 1.29 is 23.8 Å². The van der Waals surface area contributed by atoms with Gasteiger partial charge in [-0.25, -0.2) is 4.79 Å². The SMILES string of the molecule is COC(=O)CN(C)c1ccc(OC)cc1C(=O)OC. The number of hydrogen-bond donors (Lipinski definition) is 0. The highest BCUT2D eigenvalue weighted by molar-refractivity contribution is 5.97. The standard InChI is InChI=1S/C13H17NO5/c1-14(8-12(15)18-3)11-6-5-9(17-2)7-10(11)13(16)19-4/h5-7H,8H2,1-4H3. The molecule has 6 nitrogen and oxygen atoms in total. The van der Waals surface area contributed by atoms with E-state index in [1.807, 2.05) is 0 Å². The van der Waals surface area contributed by atoms with Crippen molar-refractivity contribution in [2.45, 2.75) is 0 Å². The van der Waals surface area contributed by atoms with Crippen LogP contribution in [0.2, 0.25) is 0 Å². The van der Waals surface area contributed by atoms with Gasteiger partial charge in [0.25, 0.3) is 0 Å². The molecule has 0 bridgehead atoms. The molecule has 0 saturated carbocycles. The fourth-order valence-electron chi connectivity index (χ4n) is 1.59. The van der Waals surface area contributed by atoms with Gasteiger partial charge in [0, 0.05) is 7.05 Å². The van der Waals surface area contributed by atoms with E-state index in [4.69, 9.17) is 9.47 Å². The lowest BCUT2D eigenvalue weighted by molar-refractivity contribution is -0.138. The van der Waals surface area contributed by atoms with Crippen molar-refractivity contribution >= 4 is 17.6 Å². The predicted molar refractivity (Wildman–Crippen MR) is 69.6 cm³/mol. The number of ether oxygens (including phenoxy) is 3. The molecular formula is C13H17NO5. The van der Waals surface area contributed by atoms with E-state index in [1.54, 1.807) is 30.1 Å². The smallest absolute Gasteiger partial charge is 0.340 e. The number of esters is 2. The summed E-state index contributed by atoms with van der Waals surface area (Å²) in [6.45, 7) is 0.0345. The number of anilines is 1. The highest BCUT2D eigenvalue weighted by Crippen LogP contribution is 2.25. The van der Waals surface area contributed by atoms with Crippen molar-refractivity contribution in [2.75, 3.05) is 39.8 Å². The van der Waals surface area contributed by atoms with E-state index >= 15 is 0 Å². The van der Waals surface area contributed by atoms with Gasteiger partial charge in [0.05, 0.1) is 32.6 Å². The van der Waals surface area contributed by atoms with Crippen molar-refractivity contribution in [3.05, 3.63) is 23.8 Å². The van der Waals surface area contributed by atoms with Crippen LogP contribution in [0.3, 0.4) is 0 Å². The quantitative estimate of drug-likeness (QED) is 0.744. The summed E-state index contributed by atoms with van der Waals surface area (Å²) in [5.74, 6) is -0.352. The molecule has 0 unspecified atom stereocenters. The van der Waals surface area contributed by atoms with E-state index < -0.39 is 11.9 Å². The lowest BCUT2D eigenvalue weighted by atomic mass is 10.1. The first-order valence-corrected chi connectivity index (χ1v) is 5.57. The zero-order chi connectivity index (χ0) is 14.4. The van der Waals surface area contributed by atoms with Gasteiger partial charge in [-0.2, -0.15) is 0 Å². The molecule has 0 heterocycles. The zero-order valence-corrected chi connectivity index (χ0v) is 11.4. The van der Waals surface area contributed by atoms with Gasteiger partial charge in [0.15, 0.2) is 0 Å². The third-order valence-corrected chi connectivity index (χ3v) is 2.61. The number of carbonyl (C=O) groups excluding carboxylic acids is 2. The van der Waals surface area contributed by atoms with E-state index in [-0.39, 0.29) is 6.54 Å². The Morgan fingerprint density at radius 3 is 2.37 bits per heavy atom. The lowest BCUT2D eigenvalue weighted by Crippen LogP contribution is -2.28. The molecule has 19 heavy (non-hydrogen) atoms. The van der Waals surface area contributed by atoms with Crippen LogP contribution >= 0.6 is 0 Å². The molecule has 0 aliphatic heterocycles. The van der Waals surface area contributed by atoms with E-state index in [1.165, 1.54) is 21.3 Å². The number of rotatable bonds is 5. The van der Waals surface area contributed by atoms with Crippen LogP contribution in [-0.4, -0.2) is 46.9 Å². The molecule has 0 radical (unpaired) electrons. The minimum Gasteiger partial charge on any atom is -0.497 e. The predicted octanol–water partition coefficient (Wildman–Crippen LogP) is 1.09. The van der Waals surface area contributed by atoms with Crippen LogP contribution in [0.25, 0.3) is 0 Å². The molecule has 1 aromatic carbocycles. The van der Waals surface area contributed by atoms with Crippen molar-refractivity contribution in [1.29, 1.82) is 0 Å². The zero-order valence-electron chi connectivity index (χ0n) is 11.4. The molecule has 0 aliphatic rings. The van der Waals surface area contributed by atoms with Crippen molar-refractivity contribution in [2.24, 2.45) is 0 Å². The Kier molecular flexibility index (Phi) is 5.17. The second kappa shape index (κ2) is 6.63. The molecule has 0 saturated heterocycles. The second-order valence-electron chi connectivity index (χ2n) is 3.81. The second-order valence-corrected chi connectivity index (χ2v) is 3.81. The Bertz CT molecular complexity index is 472.